The fraction of sp³-hybridized carbons (Fsp3) is 0.600. The Morgan fingerprint density at radius 2 is 1.58 bits per heavy atom. The van der Waals surface area contributed by atoms with Crippen LogP contribution in [-0.2, 0) is 16.9 Å². The average molecular weight is 265 g/mol. The Hall–Kier alpha value is -1.26. The lowest BCUT2D eigenvalue weighted by Gasteiger charge is -2.28. The van der Waals surface area contributed by atoms with Crippen molar-refractivity contribution >= 4 is 0 Å². The van der Waals surface area contributed by atoms with Crippen molar-refractivity contribution in [2.45, 2.75) is 37.8 Å². The third-order valence-electron chi connectivity index (χ3n) is 3.87. The number of hydrogen-bond acceptors (Lipinski definition) is 4. The maximum Gasteiger partial charge on any atom is 0.127 e. The highest BCUT2D eigenvalue weighted by Gasteiger charge is 2.36. The van der Waals surface area contributed by atoms with Crippen LogP contribution < -0.4 is 15.2 Å². The third kappa shape index (κ3) is 2.69. The van der Waals surface area contributed by atoms with E-state index in [0.717, 1.165) is 48.3 Å². The average Bonchev–Trinajstić information content (AvgIpc) is 2.85. The molecule has 1 fully saturated rings. The number of methoxy groups -OCH3 is 3. The molecule has 0 aliphatic heterocycles. The quantitative estimate of drug-likeness (QED) is 0.889. The molecule has 0 radical (unpaired) electrons. The summed E-state index contributed by atoms with van der Waals surface area (Å²) in [6, 6.07) is 3.99. The van der Waals surface area contributed by atoms with E-state index in [1.54, 1.807) is 21.3 Å². The molecule has 0 heterocycles. The third-order valence-corrected chi connectivity index (χ3v) is 3.87. The standard InChI is InChI=1S/C15H23NO3/c1-17-10-11-8-12(18-2)14(13(9-11)19-3)15(16)6-4-5-7-15/h8-9H,4-7,10,16H2,1-3H3. The van der Waals surface area contributed by atoms with Crippen molar-refractivity contribution in [2.24, 2.45) is 5.73 Å². The van der Waals surface area contributed by atoms with Crippen LogP contribution >= 0.6 is 0 Å². The topological polar surface area (TPSA) is 53.7 Å². The summed E-state index contributed by atoms with van der Waals surface area (Å²) in [6.07, 6.45) is 4.26. The van der Waals surface area contributed by atoms with Crippen molar-refractivity contribution in [3.8, 4) is 11.5 Å². The summed E-state index contributed by atoms with van der Waals surface area (Å²) >= 11 is 0. The van der Waals surface area contributed by atoms with Crippen LogP contribution in [0.3, 0.4) is 0 Å². The molecule has 106 valence electrons. The van der Waals surface area contributed by atoms with Crippen LogP contribution in [-0.4, -0.2) is 21.3 Å². The molecule has 0 spiro atoms. The highest BCUT2D eigenvalue weighted by atomic mass is 16.5. The van der Waals surface area contributed by atoms with Crippen LogP contribution in [0.5, 0.6) is 11.5 Å². The minimum Gasteiger partial charge on any atom is -0.496 e. The van der Waals surface area contributed by atoms with Gasteiger partial charge in [-0.3, -0.25) is 0 Å². The smallest absolute Gasteiger partial charge is 0.127 e. The molecule has 0 aromatic heterocycles. The van der Waals surface area contributed by atoms with Crippen molar-refractivity contribution in [2.75, 3.05) is 21.3 Å². The first kappa shape index (κ1) is 14.2. The highest BCUT2D eigenvalue weighted by molar-refractivity contribution is 5.52. The predicted octanol–water partition coefficient (Wildman–Crippen LogP) is 2.58. The van der Waals surface area contributed by atoms with E-state index >= 15 is 0 Å². The van der Waals surface area contributed by atoms with E-state index in [0.29, 0.717) is 6.61 Å². The zero-order valence-corrected chi connectivity index (χ0v) is 12.0. The summed E-state index contributed by atoms with van der Waals surface area (Å²) in [5, 5.41) is 0. The Morgan fingerprint density at radius 3 is 2.00 bits per heavy atom. The lowest BCUT2D eigenvalue weighted by atomic mass is 9.87. The van der Waals surface area contributed by atoms with Gasteiger partial charge < -0.3 is 19.9 Å². The second-order valence-corrected chi connectivity index (χ2v) is 5.17. The Labute approximate surface area is 114 Å². The van der Waals surface area contributed by atoms with Gasteiger partial charge in [0.2, 0.25) is 0 Å². The zero-order chi connectivity index (χ0) is 13.9. The Balaban J connectivity index is 2.51. The predicted molar refractivity (Wildman–Crippen MR) is 74.6 cm³/mol. The number of nitrogens with two attached hydrogens (primary N) is 1. The molecule has 1 aliphatic rings. The molecule has 0 bridgehead atoms. The van der Waals surface area contributed by atoms with E-state index in [-0.39, 0.29) is 5.54 Å². The number of hydrogen-bond donors (Lipinski definition) is 1. The van der Waals surface area contributed by atoms with Crippen LogP contribution in [0, 0.1) is 0 Å². The Kier molecular flexibility index (Phi) is 4.32. The zero-order valence-electron chi connectivity index (χ0n) is 12.0. The monoisotopic (exact) mass is 265 g/mol. The number of ether oxygens (including phenoxy) is 3. The molecule has 4 nitrogen and oxygen atoms in total. The largest absolute Gasteiger partial charge is 0.496 e. The van der Waals surface area contributed by atoms with E-state index < -0.39 is 0 Å². The molecule has 19 heavy (non-hydrogen) atoms. The van der Waals surface area contributed by atoms with Crippen molar-refractivity contribution < 1.29 is 14.2 Å². The van der Waals surface area contributed by atoms with Gasteiger partial charge in [0.25, 0.3) is 0 Å². The van der Waals surface area contributed by atoms with E-state index in [4.69, 9.17) is 19.9 Å². The first-order valence-corrected chi connectivity index (χ1v) is 6.68. The minimum atomic E-state index is -0.331. The van der Waals surface area contributed by atoms with E-state index in [9.17, 15) is 0 Å². The van der Waals surface area contributed by atoms with Crippen LogP contribution in [0.1, 0.15) is 36.8 Å². The second kappa shape index (κ2) is 5.80. The van der Waals surface area contributed by atoms with Gasteiger partial charge in [-0.25, -0.2) is 0 Å². The van der Waals surface area contributed by atoms with Gasteiger partial charge in [0.05, 0.1) is 26.4 Å². The van der Waals surface area contributed by atoms with Gasteiger partial charge in [-0.15, -0.1) is 0 Å². The highest BCUT2D eigenvalue weighted by Crippen LogP contribution is 2.45. The summed E-state index contributed by atoms with van der Waals surface area (Å²) < 4.78 is 16.2. The lowest BCUT2D eigenvalue weighted by molar-refractivity contribution is 0.184. The van der Waals surface area contributed by atoms with Gasteiger partial charge in [-0.1, -0.05) is 12.8 Å². The van der Waals surface area contributed by atoms with Gasteiger partial charge in [-0.2, -0.15) is 0 Å². The fourth-order valence-corrected chi connectivity index (χ4v) is 2.96. The van der Waals surface area contributed by atoms with Crippen molar-refractivity contribution in [3.63, 3.8) is 0 Å². The Bertz CT molecular complexity index is 414. The first-order valence-electron chi connectivity index (χ1n) is 6.68. The van der Waals surface area contributed by atoms with Crippen LogP contribution in [0.4, 0.5) is 0 Å². The van der Waals surface area contributed by atoms with Crippen LogP contribution in [0.25, 0.3) is 0 Å². The number of benzene rings is 1. The van der Waals surface area contributed by atoms with Gasteiger partial charge in [-0.05, 0) is 30.5 Å². The molecule has 4 heteroatoms. The summed E-state index contributed by atoms with van der Waals surface area (Å²) in [4.78, 5) is 0. The molecule has 2 N–H and O–H groups in total. The summed E-state index contributed by atoms with van der Waals surface area (Å²) in [5.74, 6) is 1.60. The maximum atomic E-state index is 6.57. The molecule has 1 aliphatic carbocycles. The molecule has 1 saturated carbocycles. The summed E-state index contributed by atoms with van der Waals surface area (Å²) in [7, 11) is 5.02. The van der Waals surface area contributed by atoms with Gasteiger partial charge >= 0.3 is 0 Å². The molecule has 0 atom stereocenters. The van der Waals surface area contributed by atoms with Crippen molar-refractivity contribution in [1.29, 1.82) is 0 Å². The summed E-state index contributed by atoms with van der Waals surface area (Å²) in [6.45, 7) is 0.532. The van der Waals surface area contributed by atoms with Crippen LogP contribution in [0.15, 0.2) is 12.1 Å². The fourth-order valence-electron chi connectivity index (χ4n) is 2.96. The van der Waals surface area contributed by atoms with Gasteiger partial charge in [0, 0.05) is 12.6 Å². The molecule has 0 saturated heterocycles. The van der Waals surface area contributed by atoms with Crippen LogP contribution in [0.2, 0.25) is 0 Å². The molecule has 2 rings (SSSR count). The minimum absolute atomic E-state index is 0.331. The maximum absolute atomic E-state index is 6.57. The van der Waals surface area contributed by atoms with Gasteiger partial charge in [0.15, 0.2) is 0 Å². The van der Waals surface area contributed by atoms with Crippen molar-refractivity contribution in [1.82, 2.24) is 0 Å². The van der Waals surface area contributed by atoms with E-state index in [1.165, 1.54) is 0 Å². The SMILES string of the molecule is COCc1cc(OC)c(C2(N)CCCC2)c(OC)c1. The van der Waals surface area contributed by atoms with Crippen molar-refractivity contribution in [3.05, 3.63) is 23.3 Å². The lowest BCUT2D eigenvalue weighted by Crippen LogP contribution is -2.34. The molecule has 1 aromatic rings. The van der Waals surface area contributed by atoms with E-state index in [2.05, 4.69) is 0 Å². The molecule has 1 aromatic carbocycles. The number of rotatable bonds is 5. The van der Waals surface area contributed by atoms with Gasteiger partial charge in [0.1, 0.15) is 11.5 Å². The Morgan fingerprint density at radius 1 is 1.05 bits per heavy atom. The molecular weight excluding hydrogens is 242 g/mol. The van der Waals surface area contributed by atoms with E-state index in [1.807, 2.05) is 12.1 Å². The molecule has 0 amide bonds. The molecular formula is C15H23NO3. The molecule has 0 unspecified atom stereocenters. The normalized spacial score (nSPS) is 17.5. The summed E-state index contributed by atoms with van der Waals surface area (Å²) in [5.41, 5.74) is 8.26. The first-order chi connectivity index (χ1) is 9.14. The second-order valence-electron chi connectivity index (χ2n) is 5.17.